The second-order valence-corrected chi connectivity index (χ2v) is 9.81. The first-order valence-corrected chi connectivity index (χ1v) is 12.3. The number of esters is 1. The predicted octanol–water partition coefficient (Wildman–Crippen LogP) is 0.929. The number of benzene rings is 2. The average Bonchev–Trinajstić information content (AvgIpc) is 2.90. The van der Waals surface area contributed by atoms with Crippen molar-refractivity contribution in [1.29, 1.82) is 5.26 Å². The third-order valence-corrected chi connectivity index (χ3v) is 5.41. The summed E-state index contributed by atoms with van der Waals surface area (Å²) in [5, 5.41) is 41.8. The van der Waals surface area contributed by atoms with Crippen LogP contribution in [0.3, 0.4) is 0 Å². The first-order chi connectivity index (χ1) is 20.1. The third-order valence-electron chi connectivity index (χ3n) is 5.41. The summed E-state index contributed by atoms with van der Waals surface area (Å²) in [6.45, 7) is 3.74. The van der Waals surface area contributed by atoms with Crippen molar-refractivity contribution in [2.75, 3.05) is 6.61 Å². The van der Waals surface area contributed by atoms with Crippen LogP contribution in [0.2, 0.25) is 0 Å². The molecule has 1 aliphatic rings. The number of nitrogens with zero attached hydrogens (tertiary/aromatic N) is 5. The molecule has 2 aromatic carbocycles. The summed E-state index contributed by atoms with van der Waals surface area (Å²) < 4.78 is 17.0. The number of hydrogen-bond donors (Lipinski definition) is 5. The lowest BCUT2D eigenvalue weighted by molar-refractivity contribution is -0.420. The van der Waals surface area contributed by atoms with Crippen LogP contribution in [0, 0.1) is 27.4 Å². The minimum Gasteiger partial charge on any atom is -0.481 e. The van der Waals surface area contributed by atoms with E-state index in [0.717, 1.165) is 6.07 Å². The van der Waals surface area contributed by atoms with Gasteiger partial charge < -0.3 is 35.9 Å². The van der Waals surface area contributed by atoms with E-state index in [9.17, 15) is 35.2 Å². The summed E-state index contributed by atoms with van der Waals surface area (Å²) in [6.07, 6.45) is -1.71. The Morgan fingerprint density at radius 3 is 2.51 bits per heavy atom. The molecule has 0 fully saturated rings. The van der Waals surface area contributed by atoms with Crippen LogP contribution >= 0.6 is 0 Å². The highest BCUT2D eigenvalue weighted by Gasteiger charge is 2.45. The summed E-state index contributed by atoms with van der Waals surface area (Å²) in [5.74, 6) is 0.326. The number of ether oxygens (including phenoxy) is 3. The van der Waals surface area contributed by atoms with Gasteiger partial charge in [0.25, 0.3) is 12.2 Å². The number of hydrogen-bond acceptors (Lipinski definition) is 13. The van der Waals surface area contributed by atoms with Crippen LogP contribution in [0.4, 0.5) is 5.69 Å². The molecule has 8 N–H and O–H groups in total. The fraction of sp³-hybridized carbons (Fsp3) is 0.269. The van der Waals surface area contributed by atoms with Gasteiger partial charge in [0.1, 0.15) is 34.3 Å². The van der Waals surface area contributed by atoms with Crippen molar-refractivity contribution in [3.63, 3.8) is 0 Å². The Labute approximate surface area is 244 Å². The molecule has 17 nitrogen and oxygen atoms in total. The third kappa shape index (κ3) is 7.72. The lowest BCUT2D eigenvalue weighted by Crippen LogP contribution is -2.51. The Kier molecular flexibility index (Phi) is 9.50. The smallest absolute Gasteiger partial charge is 0.352 e. The minimum absolute atomic E-state index is 0.00181. The molecule has 0 saturated carbocycles. The number of aliphatic hydroxyl groups excluding tert-OH is 1. The van der Waals surface area contributed by atoms with Crippen molar-refractivity contribution in [3.05, 3.63) is 75.3 Å². The van der Waals surface area contributed by atoms with E-state index in [1.54, 1.807) is 20.8 Å². The molecule has 3 rings (SSSR count). The summed E-state index contributed by atoms with van der Waals surface area (Å²) in [7, 11) is 0. The number of nitro groups is 1. The van der Waals surface area contributed by atoms with Crippen LogP contribution in [0.25, 0.3) is 0 Å². The zero-order valence-corrected chi connectivity index (χ0v) is 23.1. The minimum atomic E-state index is -1.91. The molecule has 1 aliphatic heterocycles. The van der Waals surface area contributed by atoms with Crippen LogP contribution in [0.15, 0.2) is 64.0 Å². The van der Waals surface area contributed by atoms with Crippen LogP contribution in [-0.4, -0.2) is 62.3 Å². The molecule has 0 aliphatic carbocycles. The highest BCUT2D eigenvalue weighted by Crippen LogP contribution is 2.32. The summed E-state index contributed by atoms with van der Waals surface area (Å²) in [5.41, 5.74) is 8.12. The number of hydrazine groups is 1. The van der Waals surface area contributed by atoms with Gasteiger partial charge in [-0.05, 0) is 51.1 Å². The molecule has 0 saturated heterocycles. The zero-order chi connectivity index (χ0) is 32.1. The number of rotatable bonds is 10. The molecule has 0 amide bonds. The SMILES string of the molecule is CC(C)(C)OC(=O)c1ccc(C#N)cc1OC1=C([N+](=O)[O-])C(C(CO)C(=O)O)=NC(Oc2cccc(N=C(N)N)c2)N1N. The van der Waals surface area contributed by atoms with Gasteiger partial charge in [-0.1, -0.05) is 6.07 Å². The number of aliphatic carboxylic acids is 1. The standard InChI is InChI=1S/C26H28N8O9/c1-26(2,3)43-23(38)16-8-7-13(11-27)9-18(16)42-21-20(34(39)40)19(17(12-35)22(36)37)32-25(33(21)30)41-15-6-4-5-14(10-15)31-24(28)29/h4-10,17,25,35H,12,30H2,1-3H3,(H,36,37)(H4,28,29,31). The number of nitriles is 1. The van der Waals surface area contributed by atoms with E-state index in [-0.39, 0.29) is 34.3 Å². The highest BCUT2D eigenvalue weighted by molar-refractivity contribution is 6.10. The molecule has 0 spiro atoms. The second kappa shape index (κ2) is 12.8. The highest BCUT2D eigenvalue weighted by atomic mass is 16.6. The number of carbonyl (C=O) groups is 2. The second-order valence-electron chi connectivity index (χ2n) is 9.81. The summed E-state index contributed by atoms with van der Waals surface area (Å²) in [4.78, 5) is 44.1. The fourth-order valence-corrected chi connectivity index (χ4v) is 3.65. The Morgan fingerprint density at radius 1 is 1.26 bits per heavy atom. The van der Waals surface area contributed by atoms with E-state index in [1.165, 1.54) is 36.4 Å². The zero-order valence-electron chi connectivity index (χ0n) is 23.1. The average molecular weight is 597 g/mol. The number of aliphatic hydroxyl groups is 1. The quantitative estimate of drug-likeness (QED) is 0.0637. The number of nitrogens with two attached hydrogens (primary N) is 3. The van der Waals surface area contributed by atoms with Gasteiger partial charge in [-0.2, -0.15) is 5.26 Å². The van der Waals surface area contributed by atoms with Gasteiger partial charge in [-0.15, -0.1) is 0 Å². The van der Waals surface area contributed by atoms with Gasteiger partial charge in [0.05, 0.1) is 28.9 Å². The topological polar surface area (TPSA) is 275 Å². The Hall–Kier alpha value is -5.73. The molecular formula is C26H28N8O9. The summed E-state index contributed by atoms with van der Waals surface area (Å²) in [6, 6.07) is 11.3. The molecule has 0 radical (unpaired) electrons. The van der Waals surface area contributed by atoms with E-state index < -0.39 is 58.6 Å². The lowest BCUT2D eigenvalue weighted by Gasteiger charge is -2.32. The molecule has 1 heterocycles. The Bertz CT molecular complexity index is 1570. The van der Waals surface area contributed by atoms with Crippen molar-refractivity contribution in [2.24, 2.45) is 33.2 Å². The van der Waals surface area contributed by atoms with E-state index in [1.807, 2.05) is 6.07 Å². The molecule has 226 valence electrons. The van der Waals surface area contributed by atoms with Gasteiger partial charge in [-0.3, -0.25) is 14.9 Å². The molecule has 43 heavy (non-hydrogen) atoms. The first kappa shape index (κ1) is 31.8. The molecule has 17 heteroatoms. The maximum Gasteiger partial charge on any atom is 0.352 e. The molecule has 2 aromatic rings. The Morgan fingerprint density at radius 2 is 1.95 bits per heavy atom. The van der Waals surface area contributed by atoms with Crippen LogP contribution in [0.5, 0.6) is 11.5 Å². The van der Waals surface area contributed by atoms with Crippen molar-refractivity contribution in [2.45, 2.75) is 32.7 Å². The molecule has 0 bridgehead atoms. The predicted molar refractivity (Wildman–Crippen MR) is 149 cm³/mol. The fourth-order valence-electron chi connectivity index (χ4n) is 3.65. The number of carbonyl (C=O) groups excluding carboxylic acids is 1. The molecule has 0 aromatic heterocycles. The van der Waals surface area contributed by atoms with E-state index in [0.29, 0.717) is 5.01 Å². The van der Waals surface area contributed by atoms with Gasteiger partial charge in [0.15, 0.2) is 5.96 Å². The van der Waals surface area contributed by atoms with Crippen molar-refractivity contribution < 1.29 is 38.9 Å². The number of carboxylic acid groups (broad SMARTS) is 1. The van der Waals surface area contributed by atoms with Crippen molar-refractivity contribution in [3.8, 4) is 17.6 Å². The van der Waals surface area contributed by atoms with E-state index in [2.05, 4.69) is 9.98 Å². The van der Waals surface area contributed by atoms with E-state index in [4.69, 9.17) is 31.5 Å². The maximum absolute atomic E-state index is 13.0. The van der Waals surface area contributed by atoms with Gasteiger partial charge >= 0.3 is 17.6 Å². The van der Waals surface area contributed by atoms with Gasteiger partial charge in [0, 0.05) is 6.07 Å². The maximum atomic E-state index is 13.0. The van der Waals surface area contributed by atoms with Crippen molar-refractivity contribution in [1.82, 2.24) is 5.01 Å². The summed E-state index contributed by atoms with van der Waals surface area (Å²) >= 11 is 0. The van der Waals surface area contributed by atoms with Crippen LogP contribution in [0.1, 0.15) is 36.7 Å². The monoisotopic (exact) mass is 596 g/mol. The van der Waals surface area contributed by atoms with Crippen LogP contribution < -0.4 is 26.8 Å². The number of aliphatic imine (C=N–C) groups is 2. The largest absolute Gasteiger partial charge is 0.481 e. The molecular weight excluding hydrogens is 568 g/mol. The van der Waals surface area contributed by atoms with E-state index >= 15 is 0 Å². The normalized spacial score (nSPS) is 15.5. The molecule has 2 atom stereocenters. The lowest BCUT2D eigenvalue weighted by atomic mass is 10.0. The number of guanidine groups is 1. The first-order valence-electron chi connectivity index (χ1n) is 12.3. The van der Waals surface area contributed by atoms with Crippen LogP contribution in [-0.2, 0) is 9.53 Å². The number of carboxylic acids is 1. The van der Waals surface area contributed by atoms with Gasteiger partial charge in [-0.25, -0.2) is 25.6 Å². The number of allylic oxidation sites excluding steroid dienone is 1. The molecule has 2 unspecified atom stereocenters. The Balaban J connectivity index is 2.21. The van der Waals surface area contributed by atoms with Gasteiger partial charge in [0.2, 0.25) is 0 Å². The van der Waals surface area contributed by atoms with Crippen molar-refractivity contribution >= 4 is 29.3 Å².